The normalized spacial score (nSPS) is 20.6. The highest BCUT2D eigenvalue weighted by atomic mass is 32.2. The lowest BCUT2D eigenvalue weighted by atomic mass is 10.0. The first-order valence-corrected chi connectivity index (χ1v) is 12.0. The Labute approximate surface area is 170 Å². The Morgan fingerprint density at radius 3 is 2.39 bits per heavy atom. The Balaban J connectivity index is 1.87. The molecule has 0 amide bonds. The number of rotatable bonds is 11. The zero-order valence-electron chi connectivity index (χ0n) is 17.9. The Bertz CT molecular complexity index is 597. The van der Waals surface area contributed by atoms with Gasteiger partial charge in [-0.1, -0.05) is 0 Å². The molecule has 0 bridgehead atoms. The smallest absolute Gasteiger partial charge is 0.216 e. The van der Waals surface area contributed by atoms with E-state index >= 15 is 0 Å². The van der Waals surface area contributed by atoms with Crippen LogP contribution in [0.2, 0.25) is 0 Å². The van der Waals surface area contributed by atoms with Crippen molar-refractivity contribution < 1.29 is 17.9 Å². The molecule has 2 rings (SSSR count). The van der Waals surface area contributed by atoms with Crippen molar-refractivity contribution in [1.82, 2.24) is 14.5 Å². The molecule has 0 spiro atoms. The second-order valence-electron chi connectivity index (χ2n) is 8.03. The summed E-state index contributed by atoms with van der Waals surface area (Å²) in [6, 6.07) is 0. The van der Waals surface area contributed by atoms with Crippen molar-refractivity contribution in [2.75, 3.05) is 65.3 Å². The van der Waals surface area contributed by atoms with Crippen molar-refractivity contribution >= 4 is 16.0 Å². The van der Waals surface area contributed by atoms with Gasteiger partial charge in [-0.3, -0.25) is 4.99 Å². The summed E-state index contributed by atoms with van der Waals surface area (Å²) < 4.78 is 37.2. The molecule has 9 heteroatoms. The fraction of sp³-hybridized carbons (Fsp3) is 0.947. The van der Waals surface area contributed by atoms with Crippen LogP contribution in [0.4, 0.5) is 0 Å². The third-order valence-corrected chi connectivity index (χ3v) is 7.25. The predicted octanol–water partition coefficient (Wildman–Crippen LogP) is 1.14. The molecule has 0 radical (unpaired) electrons. The van der Waals surface area contributed by atoms with E-state index in [1.165, 1.54) is 12.8 Å². The summed E-state index contributed by atoms with van der Waals surface area (Å²) in [6.07, 6.45) is 3.52. The summed E-state index contributed by atoms with van der Waals surface area (Å²) >= 11 is 0. The van der Waals surface area contributed by atoms with Crippen molar-refractivity contribution in [3.8, 4) is 0 Å². The minimum Gasteiger partial charge on any atom is -0.385 e. The van der Waals surface area contributed by atoms with E-state index in [0.29, 0.717) is 31.6 Å². The summed E-state index contributed by atoms with van der Waals surface area (Å²) in [6.45, 7) is 10.8. The van der Waals surface area contributed by atoms with E-state index in [2.05, 4.69) is 17.1 Å². The van der Waals surface area contributed by atoms with Crippen molar-refractivity contribution in [3.05, 3.63) is 0 Å². The lowest BCUT2D eigenvalue weighted by Crippen LogP contribution is -2.54. The topological polar surface area (TPSA) is 83.5 Å². The molecule has 1 aliphatic heterocycles. The molecule has 0 aromatic heterocycles. The van der Waals surface area contributed by atoms with Crippen LogP contribution in [0.15, 0.2) is 4.99 Å². The number of guanidine groups is 1. The number of ether oxygens (including phenoxy) is 2. The maximum absolute atomic E-state index is 12.5. The van der Waals surface area contributed by atoms with Gasteiger partial charge in [-0.15, -0.1) is 0 Å². The number of hydrogen-bond donors (Lipinski definition) is 1. The van der Waals surface area contributed by atoms with E-state index in [1.807, 2.05) is 13.8 Å². The highest BCUT2D eigenvalue weighted by molar-refractivity contribution is 7.89. The van der Waals surface area contributed by atoms with Gasteiger partial charge >= 0.3 is 0 Å². The maximum atomic E-state index is 12.5. The zero-order valence-corrected chi connectivity index (χ0v) is 18.8. The van der Waals surface area contributed by atoms with Gasteiger partial charge < -0.3 is 19.7 Å². The predicted molar refractivity (Wildman–Crippen MR) is 112 cm³/mol. The van der Waals surface area contributed by atoms with Crippen LogP contribution in [0.3, 0.4) is 0 Å². The first kappa shape index (κ1) is 23.4. The van der Waals surface area contributed by atoms with Crippen LogP contribution in [0.5, 0.6) is 0 Å². The number of nitrogens with zero attached hydrogens (tertiary/aromatic N) is 3. The van der Waals surface area contributed by atoms with Crippen molar-refractivity contribution in [1.29, 1.82) is 0 Å². The molecule has 1 N–H and O–H groups in total. The molecule has 2 aliphatic rings. The van der Waals surface area contributed by atoms with Gasteiger partial charge in [0.1, 0.15) is 0 Å². The molecule has 0 aromatic rings. The molecule has 1 saturated carbocycles. The lowest BCUT2D eigenvalue weighted by molar-refractivity contribution is 0.0904. The van der Waals surface area contributed by atoms with Gasteiger partial charge in [0.25, 0.3) is 0 Å². The highest BCUT2D eigenvalue weighted by Crippen LogP contribution is 2.49. The number of methoxy groups -OCH3 is 1. The van der Waals surface area contributed by atoms with Crippen molar-refractivity contribution in [3.63, 3.8) is 0 Å². The maximum Gasteiger partial charge on any atom is 0.216 e. The summed E-state index contributed by atoms with van der Waals surface area (Å²) in [5, 5.41) is 3.37. The fourth-order valence-electron chi connectivity index (χ4n) is 3.35. The molecule has 0 unspecified atom stereocenters. The molecule has 28 heavy (non-hydrogen) atoms. The van der Waals surface area contributed by atoms with Crippen molar-refractivity contribution in [2.24, 2.45) is 10.4 Å². The first-order chi connectivity index (χ1) is 13.3. The third-order valence-electron chi connectivity index (χ3n) is 5.42. The van der Waals surface area contributed by atoms with E-state index in [1.54, 1.807) is 11.4 Å². The minimum absolute atomic E-state index is 0.0430. The Morgan fingerprint density at radius 2 is 1.86 bits per heavy atom. The van der Waals surface area contributed by atoms with E-state index in [-0.39, 0.29) is 18.5 Å². The van der Waals surface area contributed by atoms with E-state index in [9.17, 15) is 8.42 Å². The van der Waals surface area contributed by atoms with Crippen LogP contribution in [0, 0.1) is 5.41 Å². The molecule has 0 aromatic carbocycles. The molecular weight excluding hydrogens is 380 g/mol. The zero-order chi connectivity index (χ0) is 20.6. The Morgan fingerprint density at radius 1 is 1.18 bits per heavy atom. The van der Waals surface area contributed by atoms with E-state index in [0.717, 1.165) is 32.1 Å². The average molecular weight is 419 g/mol. The molecule has 1 aliphatic carbocycles. The number of aliphatic imine (C=N–C) groups is 1. The Hall–Kier alpha value is -0.900. The second-order valence-corrected chi connectivity index (χ2v) is 10.1. The number of nitrogens with one attached hydrogen (secondary N) is 1. The van der Waals surface area contributed by atoms with Gasteiger partial charge in [-0.25, -0.2) is 8.42 Å². The molecular formula is C19H38N4O4S. The van der Waals surface area contributed by atoms with Crippen LogP contribution < -0.4 is 5.32 Å². The largest absolute Gasteiger partial charge is 0.385 e. The molecule has 164 valence electrons. The minimum atomic E-state index is -3.27. The molecule has 2 fully saturated rings. The molecule has 0 atom stereocenters. The van der Waals surface area contributed by atoms with Crippen LogP contribution in [-0.2, 0) is 19.5 Å². The van der Waals surface area contributed by atoms with E-state index < -0.39 is 10.0 Å². The fourth-order valence-corrected chi connectivity index (χ4v) is 4.63. The monoisotopic (exact) mass is 418 g/mol. The number of sulfonamides is 1. The van der Waals surface area contributed by atoms with Crippen LogP contribution in [0.1, 0.15) is 40.0 Å². The second kappa shape index (κ2) is 10.8. The molecule has 1 heterocycles. The standard InChI is InChI=1S/C19H38N4O4S/c1-5-20-18(21-16-19(6-7-19)8-13-26-4)22-9-11-23(12-10-22)28(24,25)15-14-27-17(2)3/h17H,5-16H2,1-4H3,(H,20,21). The summed E-state index contributed by atoms with van der Waals surface area (Å²) in [7, 11) is -1.53. The van der Waals surface area contributed by atoms with Gasteiger partial charge in [-0.2, -0.15) is 4.31 Å². The molecule has 1 saturated heterocycles. The van der Waals surface area contributed by atoms with Crippen LogP contribution in [-0.4, -0.2) is 95.0 Å². The quantitative estimate of drug-likeness (QED) is 0.400. The van der Waals surface area contributed by atoms with Crippen LogP contribution >= 0.6 is 0 Å². The third kappa shape index (κ3) is 7.17. The van der Waals surface area contributed by atoms with Gasteiger partial charge in [-0.05, 0) is 45.4 Å². The van der Waals surface area contributed by atoms with Gasteiger partial charge in [0, 0.05) is 53.0 Å². The first-order valence-electron chi connectivity index (χ1n) is 10.4. The number of piperazine rings is 1. The summed E-state index contributed by atoms with van der Waals surface area (Å²) in [5.74, 6) is 0.938. The van der Waals surface area contributed by atoms with Gasteiger partial charge in [0.2, 0.25) is 10.0 Å². The summed E-state index contributed by atoms with van der Waals surface area (Å²) in [4.78, 5) is 7.04. The summed E-state index contributed by atoms with van der Waals surface area (Å²) in [5.41, 5.74) is 0.304. The number of hydrogen-bond acceptors (Lipinski definition) is 5. The SMILES string of the molecule is CCNC(=NCC1(CCOC)CC1)N1CCN(S(=O)(=O)CCOC(C)C)CC1. The van der Waals surface area contributed by atoms with Gasteiger partial charge in [0.15, 0.2) is 5.96 Å². The van der Waals surface area contributed by atoms with E-state index in [4.69, 9.17) is 14.5 Å². The van der Waals surface area contributed by atoms with Crippen LogP contribution in [0.25, 0.3) is 0 Å². The lowest BCUT2D eigenvalue weighted by Gasteiger charge is -2.36. The molecule has 8 nitrogen and oxygen atoms in total. The van der Waals surface area contributed by atoms with Crippen molar-refractivity contribution in [2.45, 2.75) is 46.1 Å². The average Bonchev–Trinajstić information content (AvgIpc) is 3.43. The highest BCUT2D eigenvalue weighted by Gasteiger charge is 2.42. The van der Waals surface area contributed by atoms with Gasteiger partial charge in [0.05, 0.1) is 18.5 Å². The Kier molecular flexibility index (Phi) is 8.98.